The van der Waals surface area contributed by atoms with Crippen LogP contribution in [0, 0.1) is 0 Å². The van der Waals surface area contributed by atoms with Gasteiger partial charge in [0, 0.05) is 5.25 Å². The summed E-state index contributed by atoms with van der Waals surface area (Å²) in [6.07, 6.45) is 0. The van der Waals surface area contributed by atoms with Gasteiger partial charge in [-0.3, -0.25) is 4.79 Å². The van der Waals surface area contributed by atoms with Crippen LogP contribution < -0.4 is 0 Å². The second kappa shape index (κ2) is 3.93. The average Bonchev–Trinajstić information content (AvgIpc) is 2.27. The molecule has 2 unspecified atom stereocenters. The molecule has 0 aliphatic carbocycles. The van der Waals surface area contributed by atoms with Crippen molar-refractivity contribution < 1.29 is 9.53 Å². The van der Waals surface area contributed by atoms with Gasteiger partial charge in [0.2, 0.25) is 5.23 Å². The Hall–Kier alpha value is -0.510. The molecule has 14 heavy (non-hydrogen) atoms. The van der Waals surface area contributed by atoms with Gasteiger partial charge in [0.25, 0.3) is 0 Å². The summed E-state index contributed by atoms with van der Waals surface area (Å²) >= 11 is 1.56. The van der Waals surface area contributed by atoms with E-state index in [0.717, 1.165) is 0 Å². The van der Waals surface area contributed by atoms with Gasteiger partial charge < -0.3 is 4.74 Å². The lowest BCUT2D eigenvalue weighted by molar-refractivity contribution is -0.131. The van der Waals surface area contributed by atoms with Gasteiger partial charge in [-0.1, -0.05) is 25.6 Å². The van der Waals surface area contributed by atoms with E-state index in [2.05, 4.69) is 18.8 Å². The molecule has 1 aliphatic rings. The SMILES string of the molecule is CC(=O)C1(C)OC(SC(C)C)=NC1C. The molecule has 0 saturated heterocycles. The number of hydrogen-bond donors (Lipinski definition) is 0. The number of thioether (sulfide) groups is 1. The van der Waals surface area contributed by atoms with Crippen LogP contribution in [-0.4, -0.2) is 27.9 Å². The second-order valence-corrected chi connectivity index (χ2v) is 5.53. The van der Waals surface area contributed by atoms with E-state index in [1.807, 2.05) is 6.92 Å². The van der Waals surface area contributed by atoms with Crippen molar-refractivity contribution in [1.82, 2.24) is 0 Å². The van der Waals surface area contributed by atoms with E-state index >= 15 is 0 Å². The first-order chi connectivity index (χ1) is 6.36. The minimum Gasteiger partial charge on any atom is -0.456 e. The Morgan fingerprint density at radius 1 is 1.64 bits per heavy atom. The largest absolute Gasteiger partial charge is 0.456 e. The van der Waals surface area contributed by atoms with Gasteiger partial charge in [-0.2, -0.15) is 0 Å². The highest BCUT2D eigenvalue weighted by molar-refractivity contribution is 8.14. The maximum absolute atomic E-state index is 11.4. The molecule has 0 aromatic carbocycles. The van der Waals surface area contributed by atoms with Crippen LogP contribution >= 0.6 is 11.8 Å². The van der Waals surface area contributed by atoms with Crippen molar-refractivity contribution >= 4 is 22.8 Å². The monoisotopic (exact) mass is 215 g/mol. The Labute approximate surface area is 89.3 Å². The summed E-state index contributed by atoms with van der Waals surface area (Å²) in [5, 5.41) is 1.07. The third-order valence-electron chi connectivity index (χ3n) is 2.43. The van der Waals surface area contributed by atoms with E-state index in [9.17, 15) is 4.79 Å². The maximum atomic E-state index is 11.4. The Kier molecular flexibility index (Phi) is 3.24. The van der Waals surface area contributed by atoms with Gasteiger partial charge in [0.05, 0.1) is 6.04 Å². The average molecular weight is 215 g/mol. The van der Waals surface area contributed by atoms with Gasteiger partial charge in [-0.25, -0.2) is 4.99 Å². The molecule has 0 aromatic heterocycles. The number of ketones is 1. The zero-order valence-electron chi connectivity index (χ0n) is 9.33. The van der Waals surface area contributed by atoms with Crippen molar-refractivity contribution in [3.8, 4) is 0 Å². The molecule has 0 bridgehead atoms. The third kappa shape index (κ3) is 2.11. The first-order valence-corrected chi connectivity index (χ1v) is 5.68. The number of aliphatic imine (C=N–C) groups is 1. The smallest absolute Gasteiger partial charge is 0.247 e. The normalized spacial score (nSPS) is 31.6. The van der Waals surface area contributed by atoms with Crippen LogP contribution in [0.15, 0.2) is 4.99 Å². The maximum Gasteiger partial charge on any atom is 0.247 e. The van der Waals surface area contributed by atoms with E-state index in [0.29, 0.717) is 10.5 Å². The van der Waals surface area contributed by atoms with Gasteiger partial charge in [0.15, 0.2) is 11.4 Å². The Bertz CT molecular complexity index is 275. The van der Waals surface area contributed by atoms with Crippen molar-refractivity contribution in [3.05, 3.63) is 0 Å². The predicted octanol–water partition coefficient (Wildman–Crippen LogP) is 2.25. The minimum absolute atomic E-state index is 0.0353. The number of Topliss-reactive ketones (excluding diaryl/α,β-unsaturated/α-hetero) is 1. The lowest BCUT2D eigenvalue weighted by Crippen LogP contribution is -2.42. The van der Waals surface area contributed by atoms with Gasteiger partial charge >= 0.3 is 0 Å². The van der Waals surface area contributed by atoms with Crippen molar-refractivity contribution in [2.75, 3.05) is 0 Å². The number of hydrogen-bond acceptors (Lipinski definition) is 4. The fourth-order valence-corrected chi connectivity index (χ4v) is 2.04. The molecule has 4 heteroatoms. The molecule has 3 nitrogen and oxygen atoms in total. The molecular weight excluding hydrogens is 198 g/mol. The van der Waals surface area contributed by atoms with Crippen LogP contribution in [0.25, 0.3) is 0 Å². The topological polar surface area (TPSA) is 38.7 Å². The van der Waals surface area contributed by atoms with E-state index in [4.69, 9.17) is 4.74 Å². The molecule has 1 rings (SSSR count). The Balaban J connectivity index is 2.73. The molecule has 0 radical (unpaired) electrons. The fraction of sp³-hybridized carbons (Fsp3) is 0.800. The van der Waals surface area contributed by atoms with Gasteiger partial charge in [0.1, 0.15) is 0 Å². The molecule has 1 heterocycles. The summed E-state index contributed by atoms with van der Waals surface area (Å²) < 4.78 is 5.60. The van der Waals surface area contributed by atoms with Crippen LogP contribution in [0.5, 0.6) is 0 Å². The van der Waals surface area contributed by atoms with Crippen LogP contribution in [0.3, 0.4) is 0 Å². The minimum atomic E-state index is -0.753. The number of nitrogens with zero attached hydrogens (tertiary/aromatic N) is 1. The van der Waals surface area contributed by atoms with Gasteiger partial charge in [-0.15, -0.1) is 0 Å². The molecule has 80 valence electrons. The molecule has 0 aromatic rings. The number of carbonyl (C=O) groups excluding carboxylic acids is 1. The highest BCUT2D eigenvalue weighted by atomic mass is 32.2. The highest BCUT2D eigenvalue weighted by Crippen LogP contribution is 2.31. The van der Waals surface area contributed by atoms with Gasteiger partial charge in [-0.05, 0) is 20.8 Å². The zero-order chi connectivity index (χ0) is 10.9. The van der Waals surface area contributed by atoms with Crippen molar-refractivity contribution in [1.29, 1.82) is 0 Å². The molecular formula is C10H17NO2S. The van der Waals surface area contributed by atoms with Crippen LogP contribution in [0.1, 0.15) is 34.6 Å². The lowest BCUT2D eigenvalue weighted by atomic mass is 9.95. The second-order valence-electron chi connectivity index (χ2n) is 4.00. The van der Waals surface area contributed by atoms with Crippen molar-refractivity contribution in [2.45, 2.75) is 51.5 Å². The standard InChI is InChI=1S/C10H17NO2S/c1-6(2)14-9-11-7(3)10(5,13-9)8(4)12/h6-7H,1-5H3. The van der Waals surface area contributed by atoms with Crippen molar-refractivity contribution in [2.24, 2.45) is 4.99 Å². The first kappa shape index (κ1) is 11.6. The van der Waals surface area contributed by atoms with E-state index in [1.165, 1.54) is 0 Å². The number of rotatable bonds is 2. The summed E-state index contributed by atoms with van der Waals surface area (Å²) in [6, 6.07) is -0.0822. The van der Waals surface area contributed by atoms with E-state index in [-0.39, 0.29) is 11.8 Å². The number of carbonyl (C=O) groups is 1. The zero-order valence-corrected chi connectivity index (χ0v) is 10.1. The van der Waals surface area contributed by atoms with E-state index in [1.54, 1.807) is 25.6 Å². The molecule has 0 amide bonds. The van der Waals surface area contributed by atoms with E-state index < -0.39 is 5.60 Å². The summed E-state index contributed by atoms with van der Waals surface area (Å²) in [5.41, 5.74) is -0.753. The highest BCUT2D eigenvalue weighted by Gasteiger charge is 2.44. The third-order valence-corrected chi connectivity index (χ3v) is 3.29. The molecule has 0 N–H and O–H groups in total. The Morgan fingerprint density at radius 3 is 2.57 bits per heavy atom. The molecule has 0 fully saturated rings. The fourth-order valence-electron chi connectivity index (χ4n) is 1.20. The quantitative estimate of drug-likeness (QED) is 0.709. The summed E-state index contributed by atoms with van der Waals surface area (Å²) in [7, 11) is 0. The summed E-state index contributed by atoms with van der Waals surface area (Å²) in [4.78, 5) is 15.7. The molecule has 2 atom stereocenters. The van der Waals surface area contributed by atoms with Crippen LogP contribution in [0.4, 0.5) is 0 Å². The predicted molar refractivity (Wildman–Crippen MR) is 59.8 cm³/mol. The number of ether oxygens (including phenoxy) is 1. The van der Waals surface area contributed by atoms with Crippen LogP contribution in [-0.2, 0) is 9.53 Å². The van der Waals surface area contributed by atoms with Crippen LogP contribution in [0.2, 0.25) is 0 Å². The molecule has 1 aliphatic heterocycles. The molecule has 0 saturated carbocycles. The summed E-state index contributed by atoms with van der Waals surface area (Å²) in [6.45, 7) is 9.41. The lowest BCUT2D eigenvalue weighted by Gasteiger charge is -2.24. The first-order valence-electron chi connectivity index (χ1n) is 4.80. The van der Waals surface area contributed by atoms with Crippen molar-refractivity contribution in [3.63, 3.8) is 0 Å². The molecule has 0 spiro atoms. The summed E-state index contributed by atoms with van der Waals surface area (Å²) in [5.74, 6) is 0.0353. The Morgan fingerprint density at radius 2 is 2.21 bits per heavy atom.